The van der Waals surface area contributed by atoms with Gasteiger partial charge in [0.05, 0.1) is 65.3 Å². The molecule has 1 amide bonds. The van der Waals surface area contributed by atoms with E-state index in [9.17, 15) is 37.3 Å². The monoisotopic (exact) mass is 1280 g/mol. The predicted molar refractivity (Wildman–Crippen MR) is 354 cm³/mol. The number of carbonyl (C=O) groups excluding carboxylic acids is 1. The summed E-state index contributed by atoms with van der Waals surface area (Å²) in [7, 11) is -8.08. The van der Waals surface area contributed by atoms with Crippen LogP contribution in [0, 0.1) is 22.7 Å². The van der Waals surface area contributed by atoms with Crippen LogP contribution in [0.25, 0.3) is 66.8 Å². The molecule has 10 aromatic rings. The Hall–Kier alpha value is -9.91. The Labute approximate surface area is 539 Å². The van der Waals surface area contributed by atoms with Gasteiger partial charge in [-0.3, -0.25) is 4.79 Å². The minimum Gasteiger partial charge on any atom is -0.488 e. The number of likely N-dealkylation sites (tertiary alicyclic amines) is 1. The fraction of sp³-hybridized carbons (Fsp3) is 0.254. The zero-order valence-corrected chi connectivity index (χ0v) is 52.5. The quantitative estimate of drug-likeness (QED) is 0.0969. The van der Waals surface area contributed by atoms with Gasteiger partial charge in [0.15, 0.2) is 11.3 Å². The van der Waals surface area contributed by atoms with Crippen molar-refractivity contribution in [3.05, 3.63) is 193 Å². The molecule has 472 valence electrons. The highest BCUT2D eigenvalue weighted by Gasteiger charge is 2.32. The molecule has 1 unspecified atom stereocenters. The second-order valence-corrected chi connectivity index (χ2v) is 26.6. The number of carbonyl (C=O) groups is 1. The van der Waals surface area contributed by atoms with Crippen molar-refractivity contribution in [1.82, 2.24) is 28.1 Å². The number of anilines is 2. The molecular weight excluding hydrogens is 1220 g/mol. The summed E-state index contributed by atoms with van der Waals surface area (Å²) in [4.78, 5) is 27.8. The summed E-state index contributed by atoms with van der Waals surface area (Å²) < 4.78 is 82.9. The van der Waals surface area contributed by atoms with E-state index in [1.807, 2.05) is 84.9 Å². The number of aliphatic hydroxyl groups excluding tert-OH is 1. The standard InChI is InChI=1S/C37H35N5O6S.C34H31N5O4S/c1-25(43)37(44)41-16-14-30(24-41)48-35-12-9-27(21-28(35)23-38)32-13-15-39-36-33(32)22-34(42(36)49(45,46)31-5-3-2-4-6-31)26-7-10-29(11-8-26)40-17-19-47-20-18-40;35-22-26-20-25(8-11-33(26)43-28-12-14-36-23-28)30-13-15-37-34-31(30)21-32(39(34)44(40,41)29-4-2-1-3-5-29)24-6-9-27(10-7-24)38-16-18-42-19-17-38/h2-13,15,21-22,25,30,43H,14,16-20,24H2,1H3;1-11,13,15,20-21,28,36H,12,14,16-19,23H2/t25?,30-;28-/m11/s1. The van der Waals surface area contributed by atoms with E-state index in [1.165, 1.54) is 14.9 Å². The zero-order valence-electron chi connectivity index (χ0n) is 50.9. The van der Waals surface area contributed by atoms with Crippen LogP contribution in [0.3, 0.4) is 0 Å². The van der Waals surface area contributed by atoms with Crippen molar-refractivity contribution in [3.63, 3.8) is 0 Å². The first kappa shape index (κ1) is 61.9. The highest BCUT2D eigenvalue weighted by molar-refractivity contribution is 7.90. The Kier molecular flexibility index (Phi) is 17.8. The first-order valence-electron chi connectivity index (χ1n) is 30.9. The molecule has 4 aromatic heterocycles. The van der Waals surface area contributed by atoms with Crippen LogP contribution < -0.4 is 24.6 Å². The van der Waals surface area contributed by atoms with Gasteiger partial charge < -0.3 is 44.1 Å². The first-order chi connectivity index (χ1) is 45.3. The Morgan fingerprint density at radius 2 is 1.01 bits per heavy atom. The molecule has 4 aliphatic heterocycles. The number of benzene rings is 6. The second kappa shape index (κ2) is 26.7. The number of ether oxygens (including phenoxy) is 4. The molecule has 0 spiro atoms. The van der Waals surface area contributed by atoms with Crippen LogP contribution in [0.1, 0.15) is 30.9 Å². The van der Waals surface area contributed by atoms with Gasteiger partial charge in [0.1, 0.15) is 41.9 Å². The van der Waals surface area contributed by atoms with Crippen LogP contribution in [-0.4, -0.2) is 148 Å². The lowest BCUT2D eigenvalue weighted by Crippen LogP contribution is -2.37. The van der Waals surface area contributed by atoms with E-state index in [0.717, 1.165) is 73.8 Å². The lowest BCUT2D eigenvalue weighted by Gasteiger charge is -2.28. The molecule has 2 N–H and O–H groups in total. The minimum atomic E-state index is -4.07. The van der Waals surface area contributed by atoms with E-state index < -0.39 is 26.2 Å². The topological polar surface area (TPSA) is 247 Å². The average molecular weight is 1280 g/mol. The van der Waals surface area contributed by atoms with Gasteiger partial charge in [-0.25, -0.2) is 34.7 Å². The molecule has 0 aliphatic carbocycles. The van der Waals surface area contributed by atoms with Gasteiger partial charge in [-0.05, 0) is 150 Å². The Morgan fingerprint density at radius 1 is 0.570 bits per heavy atom. The number of nitrogens with zero attached hydrogens (tertiary/aromatic N) is 9. The van der Waals surface area contributed by atoms with Gasteiger partial charge in [-0.15, -0.1) is 0 Å². The third-order valence-corrected chi connectivity index (χ3v) is 20.6. The van der Waals surface area contributed by atoms with Crippen LogP contribution in [0.4, 0.5) is 11.4 Å². The summed E-state index contributed by atoms with van der Waals surface area (Å²) in [6.45, 7) is 9.71. The van der Waals surface area contributed by atoms with Gasteiger partial charge >= 0.3 is 0 Å². The molecule has 4 saturated heterocycles. The molecular formula is C71H66N10O10S2. The van der Waals surface area contributed by atoms with Gasteiger partial charge in [0.25, 0.3) is 26.0 Å². The maximum absolute atomic E-state index is 14.3. The van der Waals surface area contributed by atoms with E-state index in [2.05, 4.69) is 37.2 Å². The van der Waals surface area contributed by atoms with E-state index in [0.29, 0.717) is 113 Å². The molecule has 8 heterocycles. The maximum Gasteiger partial charge on any atom is 0.269 e. The molecule has 0 radical (unpaired) electrons. The highest BCUT2D eigenvalue weighted by Crippen LogP contribution is 2.41. The number of aromatic nitrogens is 4. The highest BCUT2D eigenvalue weighted by atomic mass is 32.2. The van der Waals surface area contributed by atoms with Crippen LogP contribution >= 0.6 is 0 Å². The lowest BCUT2D eigenvalue weighted by atomic mass is 10.0. The summed E-state index contributed by atoms with van der Waals surface area (Å²) in [6, 6.07) is 55.1. The molecule has 3 atom stereocenters. The van der Waals surface area contributed by atoms with E-state index >= 15 is 0 Å². The zero-order chi connectivity index (χ0) is 64.2. The number of morpholine rings is 2. The molecule has 0 saturated carbocycles. The number of rotatable bonds is 15. The Morgan fingerprint density at radius 3 is 1.43 bits per heavy atom. The average Bonchev–Trinajstić information content (AvgIpc) is 1.59. The van der Waals surface area contributed by atoms with Gasteiger partial charge in [0, 0.05) is 80.2 Å². The second-order valence-electron chi connectivity index (χ2n) is 23.1. The Bertz CT molecular complexity index is 4710. The van der Waals surface area contributed by atoms with Crippen LogP contribution in [0.15, 0.2) is 192 Å². The maximum atomic E-state index is 14.3. The van der Waals surface area contributed by atoms with Crippen LogP contribution in [0.5, 0.6) is 11.5 Å². The number of fused-ring (bicyclic) bond motifs is 2. The van der Waals surface area contributed by atoms with Gasteiger partial charge in [-0.1, -0.05) is 72.8 Å². The molecule has 22 heteroatoms. The normalized spacial score (nSPS) is 17.1. The molecule has 14 rings (SSSR count). The van der Waals surface area contributed by atoms with Crippen molar-refractivity contribution in [1.29, 1.82) is 10.5 Å². The summed E-state index contributed by atoms with van der Waals surface area (Å²) in [6.07, 6.45) is 3.27. The van der Waals surface area contributed by atoms with Crippen molar-refractivity contribution in [3.8, 4) is 68.4 Å². The van der Waals surface area contributed by atoms with E-state index in [-0.39, 0.29) is 33.6 Å². The minimum absolute atomic E-state index is 0.0231. The van der Waals surface area contributed by atoms with Gasteiger partial charge in [0.2, 0.25) is 0 Å². The summed E-state index contributed by atoms with van der Waals surface area (Å²) >= 11 is 0. The molecule has 4 aliphatic rings. The number of hydrogen-bond donors (Lipinski definition) is 2. The third-order valence-electron chi connectivity index (χ3n) is 17.2. The summed E-state index contributed by atoms with van der Waals surface area (Å²) in [5.74, 6) is 0.580. The molecule has 20 nitrogen and oxygen atoms in total. The van der Waals surface area contributed by atoms with Crippen molar-refractivity contribution >= 4 is 59.4 Å². The Balaban J connectivity index is 0.000000170. The third kappa shape index (κ3) is 12.6. The fourth-order valence-corrected chi connectivity index (χ4v) is 15.4. The smallest absolute Gasteiger partial charge is 0.269 e. The molecule has 93 heavy (non-hydrogen) atoms. The molecule has 0 bridgehead atoms. The van der Waals surface area contributed by atoms with Crippen molar-refractivity contribution < 1.29 is 45.7 Å². The van der Waals surface area contributed by atoms with Crippen LogP contribution in [0.2, 0.25) is 0 Å². The largest absolute Gasteiger partial charge is 0.488 e. The van der Waals surface area contributed by atoms with E-state index in [4.69, 9.17) is 18.9 Å². The predicted octanol–water partition coefficient (Wildman–Crippen LogP) is 9.73. The number of aliphatic hydroxyl groups is 1. The summed E-state index contributed by atoms with van der Waals surface area (Å²) in [5.41, 5.74) is 8.77. The number of amides is 1. The van der Waals surface area contributed by atoms with Gasteiger partial charge in [-0.2, -0.15) is 10.5 Å². The fourth-order valence-electron chi connectivity index (χ4n) is 12.4. The molecule has 6 aromatic carbocycles. The molecule has 4 fully saturated rings. The summed E-state index contributed by atoms with van der Waals surface area (Å²) in [5, 5.41) is 34.3. The van der Waals surface area contributed by atoms with E-state index in [1.54, 1.807) is 102 Å². The van der Waals surface area contributed by atoms with Crippen molar-refractivity contribution in [2.24, 2.45) is 0 Å². The first-order valence-corrected chi connectivity index (χ1v) is 33.7. The number of nitriles is 2. The lowest BCUT2D eigenvalue weighted by molar-refractivity contribution is -0.138. The van der Waals surface area contributed by atoms with Crippen molar-refractivity contribution in [2.45, 2.75) is 47.9 Å². The van der Waals surface area contributed by atoms with Crippen LogP contribution in [-0.2, 0) is 34.3 Å². The van der Waals surface area contributed by atoms with Crippen molar-refractivity contribution in [2.75, 3.05) is 88.6 Å². The number of nitrogens with one attached hydrogen (secondary N) is 1. The SMILES string of the molecule is CC(O)C(=O)N1CC[C@@H](Oc2ccc(-c3ccnc4c3cc(-c3ccc(N5CCOCC5)cc3)n4S(=O)(=O)c3ccccc3)cc2C#N)C1.N#Cc1cc(-c2ccnc3c2cc(-c2ccc(N4CCOCC4)cc2)n3S(=O)(=O)c2ccccc2)ccc1O[C@@H]1CCNC1. The number of hydrogen-bond acceptors (Lipinski definition) is 17. The number of pyridine rings is 2.